The summed E-state index contributed by atoms with van der Waals surface area (Å²) in [5.41, 5.74) is 1.58. The predicted octanol–water partition coefficient (Wildman–Crippen LogP) is 4.14. The van der Waals surface area contributed by atoms with Crippen molar-refractivity contribution in [2.75, 3.05) is 18.6 Å². The van der Waals surface area contributed by atoms with Crippen LogP contribution in [0.4, 0.5) is 5.69 Å². The highest BCUT2D eigenvalue weighted by molar-refractivity contribution is 6.06. The molecular formula is C18H21NO2. The monoisotopic (exact) mass is 283 g/mol. The molecule has 3 nitrogen and oxygen atoms in total. The second-order valence-corrected chi connectivity index (χ2v) is 4.88. The first-order chi connectivity index (χ1) is 10.3. The van der Waals surface area contributed by atoms with Crippen LogP contribution < -0.4 is 9.64 Å². The van der Waals surface area contributed by atoms with E-state index < -0.39 is 0 Å². The zero-order chi connectivity index (χ0) is 15.1. The van der Waals surface area contributed by atoms with Crippen molar-refractivity contribution in [3.63, 3.8) is 0 Å². The maximum Gasteiger partial charge on any atom is 0.258 e. The molecule has 0 aliphatic heterocycles. The average molecular weight is 283 g/mol. The number of unbranched alkanes of at least 4 members (excludes halogenated alkanes) is 1. The Bertz CT molecular complexity index is 581. The van der Waals surface area contributed by atoms with Crippen LogP contribution in [0.1, 0.15) is 30.1 Å². The minimum absolute atomic E-state index is 0.0253. The van der Waals surface area contributed by atoms with Crippen molar-refractivity contribution in [3.8, 4) is 5.75 Å². The van der Waals surface area contributed by atoms with E-state index in [1.54, 1.807) is 7.11 Å². The number of carbonyl (C=O) groups is 1. The molecule has 2 aromatic rings. The summed E-state index contributed by atoms with van der Waals surface area (Å²) in [6.45, 7) is 2.83. The average Bonchev–Trinajstić information content (AvgIpc) is 2.56. The van der Waals surface area contributed by atoms with Gasteiger partial charge in [-0.15, -0.1) is 0 Å². The maximum atomic E-state index is 12.7. The summed E-state index contributed by atoms with van der Waals surface area (Å²) in [5.74, 6) is 0.784. The lowest BCUT2D eigenvalue weighted by atomic mass is 10.1. The molecule has 0 saturated carbocycles. The topological polar surface area (TPSA) is 29.5 Å². The molecule has 110 valence electrons. The normalized spacial score (nSPS) is 10.2. The molecule has 2 aromatic carbocycles. The number of ether oxygens (including phenoxy) is 1. The van der Waals surface area contributed by atoms with Crippen molar-refractivity contribution < 1.29 is 9.53 Å². The summed E-state index contributed by atoms with van der Waals surface area (Å²) < 4.78 is 5.26. The molecule has 0 radical (unpaired) electrons. The summed E-state index contributed by atoms with van der Waals surface area (Å²) >= 11 is 0. The third-order valence-corrected chi connectivity index (χ3v) is 3.37. The standard InChI is InChI=1S/C18H21NO2/c1-3-4-13-19(16-11-8-12-17(14-16)21-2)18(20)15-9-6-5-7-10-15/h5-12,14H,3-4,13H2,1-2H3. The Labute approximate surface area is 126 Å². The largest absolute Gasteiger partial charge is 0.497 e. The molecule has 0 bridgehead atoms. The van der Waals surface area contributed by atoms with Crippen molar-refractivity contribution in [2.24, 2.45) is 0 Å². The van der Waals surface area contributed by atoms with E-state index in [2.05, 4.69) is 6.92 Å². The Hall–Kier alpha value is -2.29. The van der Waals surface area contributed by atoms with Crippen LogP contribution in [0.2, 0.25) is 0 Å². The minimum Gasteiger partial charge on any atom is -0.497 e. The number of rotatable bonds is 6. The third-order valence-electron chi connectivity index (χ3n) is 3.37. The van der Waals surface area contributed by atoms with Crippen LogP contribution in [0.5, 0.6) is 5.75 Å². The van der Waals surface area contributed by atoms with Gasteiger partial charge < -0.3 is 9.64 Å². The molecule has 2 rings (SSSR count). The summed E-state index contributed by atoms with van der Waals surface area (Å²) in [5, 5.41) is 0. The summed E-state index contributed by atoms with van der Waals surface area (Å²) in [4.78, 5) is 14.6. The molecule has 0 unspecified atom stereocenters. The van der Waals surface area contributed by atoms with E-state index in [9.17, 15) is 4.79 Å². The fourth-order valence-corrected chi connectivity index (χ4v) is 2.18. The Kier molecular flexibility index (Phi) is 5.38. The number of hydrogen-bond acceptors (Lipinski definition) is 2. The second-order valence-electron chi connectivity index (χ2n) is 4.88. The van der Waals surface area contributed by atoms with E-state index in [0.29, 0.717) is 12.1 Å². The van der Waals surface area contributed by atoms with E-state index in [0.717, 1.165) is 24.3 Å². The molecule has 0 N–H and O–H groups in total. The van der Waals surface area contributed by atoms with Gasteiger partial charge in [-0.3, -0.25) is 4.79 Å². The van der Waals surface area contributed by atoms with Gasteiger partial charge in [-0.25, -0.2) is 0 Å². The van der Waals surface area contributed by atoms with E-state index in [1.165, 1.54) is 0 Å². The molecule has 21 heavy (non-hydrogen) atoms. The van der Waals surface area contributed by atoms with Gasteiger partial charge in [-0.05, 0) is 30.7 Å². The highest BCUT2D eigenvalue weighted by Crippen LogP contribution is 2.23. The van der Waals surface area contributed by atoms with Crippen LogP contribution in [0, 0.1) is 0 Å². The number of methoxy groups -OCH3 is 1. The molecule has 0 fully saturated rings. The molecule has 1 amide bonds. The number of benzene rings is 2. The Morgan fingerprint density at radius 3 is 2.52 bits per heavy atom. The molecular weight excluding hydrogens is 262 g/mol. The van der Waals surface area contributed by atoms with Crippen LogP contribution in [-0.4, -0.2) is 19.6 Å². The Morgan fingerprint density at radius 1 is 1.10 bits per heavy atom. The second kappa shape index (κ2) is 7.48. The van der Waals surface area contributed by atoms with Gasteiger partial charge in [-0.1, -0.05) is 37.6 Å². The maximum absolute atomic E-state index is 12.7. The molecule has 0 aliphatic rings. The molecule has 0 atom stereocenters. The fraction of sp³-hybridized carbons (Fsp3) is 0.278. The first-order valence-electron chi connectivity index (χ1n) is 7.27. The SMILES string of the molecule is CCCCN(C(=O)c1ccccc1)c1cccc(OC)c1. The van der Waals surface area contributed by atoms with Gasteiger partial charge in [0.15, 0.2) is 0 Å². The number of amides is 1. The lowest BCUT2D eigenvalue weighted by molar-refractivity contribution is 0.0986. The zero-order valence-corrected chi connectivity index (χ0v) is 12.6. The molecule has 0 aliphatic carbocycles. The number of anilines is 1. The van der Waals surface area contributed by atoms with Crippen LogP contribution >= 0.6 is 0 Å². The van der Waals surface area contributed by atoms with Gasteiger partial charge in [0.2, 0.25) is 0 Å². The van der Waals surface area contributed by atoms with Gasteiger partial charge in [0, 0.05) is 23.9 Å². The highest BCUT2D eigenvalue weighted by atomic mass is 16.5. The van der Waals surface area contributed by atoms with Gasteiger partial charge >= 0.3 is 0 Å². The molecule has 0 heterocycles. The van der Waals surface area contributed by atoms with E-state index in [4.69, 9.17) is 4.74 Å². The first kappa shape index (κ1) is 15.1. The van der Waals surface area contributed by atoms with Crippen molar-refractivity contribution in [1.29, 1.82) is 0 Å². The smallest absolute Gasteiger partial charge is 0.258 e. The van der Waals surface area contributed by atoms with Gasteiger partial charge in [0.05, 0.1) is 7.11 Å². The minimum atomic E-state index is 0.0253. The predicted molar refractivity (Wildman–Crippen MR) is 86.0 cm³/mol. The quantitative estimate of drug-likeness (QED) is 0.797. The zero-order valence-electron chi connectivity index (χ0n) is 12.6. The van der Waals surface area contributed by atoms with Crippen LogP contribution in [0.15, 0.2) is 54.6 Å². The summed E-state index contributed by atoms with van der Waals surface area (Å²) in [6, 6.07) is 17.0. The number of nitrogens with zero attached hydrogens (tertiary/aromatic N) is 1. The molecule has 3 heteroatoms. The van der Waals surface area contributed by atoms with Crippen molar-refractivity contribution >= 4 is 11.6 Å². The van der Waals surface area contributed by atoms with Crippen molar-refractivity contribution in [1.82, 2.24) is 0 Å². The number of hydrogen-bond donors (Lipinski definition) is 0. The van der Waals surface area contributed by atoms with Gasteiger partial charge in [0.1, 0.15) is 5.75 Å². The van der Waals surface area contributed by atoms with E-state index in [-0.39, 0.29) is 5.91 Å². The molecule has 0 spiro atoms. The van der Waals surface area contributed by atoms with Gasteiger partial charge in [-0.2, -0.15) is 0 Å². The van der Waals surface area contributed by atoms with Crippen LogP contribution in [-0.2, 0) is 0 Å². The fourth-order valence-electron chi connectivity index (χ4n) is 2.18. The van der Waals surface area contributed by atoms with Crippen LogP contribution in [0.25, 0.3) is 0 Å². The van der Waals surface area contributed by atoms with Crippen molar-refractivity contribution in [3.05, 3.63) is 60.2 Å². The van der Waals surface area contributed by atoms with E-state index in [1.807, 2.05) is 59.5 Å². The summed E-state index contributed by atoms with van der Waals surface area (Å²) in [7, 11) is 1.63. The first-order valence-corrected chi connectivity index (χ1v) is 7.27. The highest BCUT2D eigenvalue weighted by Gasteiger charge is 2.17. The van der Waals surface area contributed by atoms with Gasteiger partial charge in [0.25, 0.3) is 5.91 Å². The van der Waals surface area contributed by atoms with E-state index >= 15 is 0 Å². The lowest BCUT2D eigenvalue weighted by Gasteiger charge is -2.23. The van der Waals surface area contributed by atoms with Crippen molar-refractivity contribution in [2.45, 2.75) is 19.8 Å². The Morgan fingerprint density at radius 2 is 1.86 bits per heavy atom. The summed E-state index contributed by atoms with van der Waals surface area (Å²) in [6.07, 6.45) is 2.01. The van der Waals surface area contributed by atoms with Crippen LogP contribution in [0.3, 0.4) is 0 Å². The molecule has 0 saturated heterocycles. The molecule has 0 aromatic heterocycles. The Balaban J connectivity index is 2.31. The number of carbonyl (C=O) groups excluding carboxylic acids is 1. The third kappa shape index (κ3) is 3.85. The lowest BCUT2D eigenvalue weighted by Crippen LogP contribution is -2.31.